The first-order valence-corrected chi connectivity index (χ1v) is 8.59. The Morgan fingerprint density at radius 1 is 1.13 bits per heavy atom. The van der Waals surface area contributed by atoms with Gasteiger partial charge in [0.15, 0.2) is 0 Å². The second-order valence-corrected chi connectivity index (χ2v) is 7.12. The van der Waals surface area contributed by atoms with Crippen LogP contribution in [0.1, 0.15) is 18.6 Å². The minimum absolute atomic E-state index is 0.117. The second-order valence-electron chi connectivity index (χ2n) is 6.04. The quantitative estimate of drug-likeness (QED) is 0.595. The van der Waals surface area contributed by atoms with Crippen LogP contribution in [0.3, 0.4) is 0 Å². The zero-order valence-electron chi connectivity index (χ0n) is 12.9. The Kier molecular flexibility index (Phi) is 3.63. The fourth-order valence-corrected chi connectivity index (χ4v) is 4.17. The van der Waals surface area contributed by atoms with Crippen molar-refractivity contribution in [2.45, 2.75) is 19.6 Å². The van der Waals surface area contributed by atoms with Crippen LogP contribution in [-0.2, 0) is 6.54 Å². The Hall–Kier alpha value is -2.17. The molecule has 0 bridgehead atoms. The van der Waals surface area contributed by atoms with E-state index in [1.54, 1.807) is 23.9 Å². The van der Waals surface area contributed by atoms with Crippen LogP contribution in [0.5, 0.6) is 0 Å². The minimum atomic E-state index is -0.486. The molecule has 0 saturated carbocycles. The van der Waals surface area contributed by atoms with Crippen molar-refractivity contribution in [3.05, 3.63) is 66.7 Å². The number of rotatable bonds is 4. The molecule has 116 valence electrons. The molecule has 4 aromatic rings. The van der Waals surface area contributed by atoms with Gasteiger partial charge in [0.25, 0.3) is 0 Å². The number of fused-ring (bicyclic) bond motifs is 3. The highest BCUT2D eigenvalue weighted by molar-refractivity contribution is 7.25. The van der Waals surface area contributed by atoms with E-state index < -0.39 is 6.10 Å². The Morgan fingerprint density at radius 2 is 1.96 bits per heavy atom. The maximum atomic E-state index is 10.7. The van der Waals surface area contributed by atoms with Crippen molar-refractivity contribution in [1.29, 1.82) is 0 Å². The van der Waals surface area contributed by atoms with Gasteiger partial charge in [-0.3, -0.25) is 0 Å². The van der Waals surface area contributed by atoms with Crippen molar-refractivity contribution in [3.63, 3.8) is 0 Å². The Labute approximate surface area is 138 Å². The third kappa shape index (κ3) is 2.64. The Morgan fingerprint density at radius 3 is 2.78 bits per heavy atom. The predicted octanol–water partition coefficient (Wildman–Crippen LogP) is 4.62. The molecule has 0 radical (unpaired) electrons. The molecule has 4 rings (SSSR count). The molecule has 0 spiro atoms. The smallest absolute Gasteiger partial charge is 0.0946 e. The fourth-order valence-electron chi connectivity index (χ4n) is 3.08. The van der Waals surface area contributed by atoms with Crippen LogP contribution < -0.4 is 0 Å². The number of imidazole rings is 1. The summed E-state index contributed by atoms with van der Waals surface area (Å²) in [5.74, 6) is 0.117. The number of hydrogen-bond acceptors (Lipinski definition) is 3. The van der Waals surface area contributed by atoms with Gasteiger partial charge in [-0.1, -0.05) is 31.2 Å². The van der Waals surface area contributed by atoms with Crippen molar-refractivity contribution in [2.24, 2.45) is 5.92 Å². The van der Waals surface area contributed by atoms with E-state index in [0.29, 0.717) is 0 Å². The van der Waals surface area contributed by atoms with Crippen molar-refractivity contribution in [3.8, 4) is 0 Å². The number of aliphatic hydroxyl groups excluding tert-OH is 1. The van der Waals surface area contributed by atoms with Gasteiger partial charge in [-0.2, -0.15) is 0 Å². The topological polar surface area (TPSA) is 38.0 Å². The van der Waals surface area contributed by atoms with Gasteiger partial charge in [0.2, 0.25) is 0 Å². The summed E-state index contributed by atoms with van der Waals surface area (Å²) in [6.07, 6.45) is 5.00. The van der Waals surface area contributed by atoms with Gasteiger partial charge < -0.3 is 9.67 Å². The lowest BCUT2D eigenvalue weighted by Gasteiger charge is -2.19. The number of aliphatic hydroxyl groups is 1. The molecule has 2 unspecified atom stereocenters. The zero-order chi connectivity index (χ0) is 15.8. The van der Waals surface area contributed by atoms with E-state index in [-0.39, 0.29) is 5.92 Å². The minimum Gasteiger partial charge on any atom is -0.388 e. The molecular formula is C19H18N2OS. The summed E-state index contributed by atoms with van der Waals surface area (Å²) in [6, 6.07) is 14.8. The SMILES string of the molecule is CC(Cn1ccnc1)C(O)c1ccc2sc3ccccc3c2c1. The first-order chi connectivity index (χ1) is 11.2. The number of aromatic nitrogens is 2. The molecule has 0 fully saturated rings. The largest absolute Gasteiger partial charge is 0.388 e. The van der Waals surface area contributed by atoms with Crippen LogP contribution in [0, 0.1) is 5.92 Å². The lowest BCUT2D eigenvalue weighted by molar-refractivity contribution is 0.108. The molecule has 0 aliphatic heterocycles. The first kappa shape index (κ1) is 14.4. The van der Waals surface area contributed by atoms with Crippen LogP contribution >= 0.6 is 11.3 Å². The summed E-state index contributed by atoms with van der Waals surface area (Å²) in [5.41, 5.74) is 0.980. The van der Waals surface area contributed by atoms with E-state index >= 15 is 0 Å². The number of thiophene rings is 1. The van der Waals surface area contributed by atoms with Crippen LogP contribution in [0.25, 0.3) is 20.2 Å². The van der Waals surface area contributed by atoms with E-state index in [9.17, 15) is 5.11 Å². The van der Waals surface area contributed by atoms with Crippen molar-refractivity contribution >= 4 is 31.5 Å². The van der Waals surface area contributed by atoms with Crippen LogP contribution in [0.2, 0.25) is 0 Å². The molecule has 2 aromatic carbocycles. The first-order valence-electron chi connectivity index (χ1n) is 7.77. The van der Waals surface area contributed by atoms with E-state index in [1.165, 1.54) is 20.2 Å². The van der Waals surface area contributed by atoms with Gasteiger partial charge in [-0.25, -0.2) is 4.98 Å². The molecule has 2 aromatic heterocycles. The molecule has 2 atom stereocenters. The highest BCUT2D eigenvalue weighted by atomic mass is 32.1. The van der Waals surface area contributed by atoms with E-state index in [0.717, 1.165) is 12.1 Å². The molecule has 3 nitrogen and oxygen atoms in total. The monoisotopic (exact) mass is 322 g/mol. The summed E-state index contributed by atoms with van der Waals surface area (Å²) >= 11 is 1.80. The van der Waals surface area contributed by atoms with Gasteiger partial charge in [-0.15, -0.1) is 11.3 Å². The Bertz CT molecular complexity index is 942. The average molecular weight is 322 g/mol. The lowest BCUT2D eigenvalue weighted by atomic mass is 9.96. The molecule has 4 heteroatoms. The summed E-state index contributed by atoms with van der Waals surface area (Å²) in [5, 5.41) is 13.2. The maximum absolute atomic E-state index is 10.7. The maximum Gasteiger partial charge on any atom is 0.0946 e. The molecule has 23 heavy (non-hydrogen) atoms. The summed E-state index contributed by atoms with van der Waals surface area (Å²) in [4.78, 5) is 4.06. The predicted molar refractivity (Wildman–Crippen MR) is 95.7 cm³/mol. The zero-order valence-corrected chi connectivity index (χ0v) is 13.7. The van der Waals surface area contributed by atoms with Crippen LogP contribution in [0.15, 0.2) is 61.2 Å². The molecule has 1 N–H and O–H groups in total. The van der Waals surface area contributed by atoms with E-state index in [2.05, 4.69) is 48.3 Å². The fraction of sp³-hybridized carbons (Fsp3) is 0.211. The molecule has 0 aliphatic rings. The van der Waals surface area contributed by atoms with Crippen LogP contribution in [0.4, 0.5) is 0 Å². The number of hydrogen-bond donors (Lipinski definition) is 1. The average Bonchev–Trinajstić information content (AvgIpc) is 3.20. The summed E-state index contributed by atoms with van der Waals surface area (Å²) < 4.78 is 4.57. The third-order valence-corrected chi connectivity index (χ3v) is 5.49. The van der Waals surface area contributed by atoms with Crippen molar-refractivity contribution in [1.82, 2.24) is 9.55 Å². The number of nitrogens with zero attached hydrogens (tertiary/aromatic N) is 2. The lowest BCUT2D eigenvalue weighted by Crippen LogP contribution is -2.15. The van der Waals surface area contributed by atoms with E-state index in [4.69, 9.17) is 0 Å². The normalized spacial score (nSPS) is 14.3. The third-order valence-electron chi connectivity index (χ3n) is 4.34. The molecular weight excluding hydrogens is 304 g/mol. The molecule has 0 saturated heterocycles. The van der Waals surface area contributed by atoms with Gasteiger partial charge in [0, 0.05) is 45.0 Å². The van der Waals surface area contributed by atoms with Gasteiger partial charge >= 0.3 is 0 Å². The van der Waals surface area contributed by atoms with Gasteiger partial charge in [0.05, 0.1) is 12.4 Å². The summed E-state index contributed by atoms with van der Waals surface area (Å²) in [6.45, 7) is 2.82. The van der Waals surface area contributed by atoms with E-state index in [1.807, 2.05) is 16.8 Å². The number of benzene rings is 2. The molecule has 0 aliphatic carbocycles. The second kappa shape index (κ2) is 5.80. The highest BCUT2D eigenvalue weighted by Gasteiger charge is 2.18. The van der Waals surface area contributed by atoms with Crippen molar-refractivity contribution < 1.29 is 5.11 Å². The Balaban J connectivity index is 1.69. The van der Waals surface area contributed by atoms with Gasteiger partial charge in [-0.05, 0) is 23.8 Å². The summed E-state index contributed by atoms with van der Waals surface area (Å²) in [7, 11) is 0. The van der Waals surface area contributed by atoms with Crippen LogP contribution in [-0.4, -0.2) is 14.7 Å². The molecule has 0 amide bonds. The molecule has 2 heterocycles. The highest BCUT2D eigenvalue weighted by Crippen LogP contribution is 2.36. The standard InChI is InChI=1S/C19H18N2OS/c1-13(11-21-9-8-20-12-21)19(22)14-6-7-18-16(10-14)15-4-2-3-5-17(15)23-18/h2-10,12-13,19,22H,11H2,1H3. The van der Waals surface area contributed by atoms with Gasteiger partial charge in [0.1, 0.15) is 0 Å². The van der Waals surface area contributed by atoms with Crippen molar-refractivity contribution in [2.75, 3.05) is 0 Å².